The lowest BCUT2D eigenvalue weighted by Crippen LogP contribution is -2.41. The number of carbonyl (C=O) groups excluding carboxylic acids is 1. The normalized spacial score (nSPS) is 18.7. The zero-order valence-electron chi connectivity index (χ0n) is 5.44. The fourth-order valence-corrected chi connectivity index (χ4v) is 1.63. The van der Waals surface area contributed by atoms with E-state index in [1.807, 2.05) is 0 Å². The van der Waals surface area contributed by atoms with Gasteiger partial charge in [0.2, 0.25) is 0 Å². The number of hydrogen-bond acceptors (Lipinski definition) is 4. The molecule has 1 heterocycles. The van der Waals surface area contributed by atoms with Crippen molar-refractivity contribution >= 4 is 40.2 Å². The lowest BCUT2D eigenvalue weighted by Gasteiger charge is -2.21. The van der Waals surface area contributed by atoms with Gasteiger partial charge in [-0.2, -0.15) is 0 Å². The molecule has 60 valence electrons. The van der Waals surface area contributed by atoms with Crippen LogP contribution < -0.4 is 0 Å². The molecule has 0 saturated carbocycles. The molecule has 0 atom stereocenters. The first-order valence-electron chi connectivity index (χ1n) is 2.80. The van der Waals surface area contributed by atoms with Gasteiger partial charge < -0.3 is 5.11 Å². The van der Waals surface area contributed by atoms with Crippen LogP contribution in [0.4, 0.5) is 9.59 Å². The van der Waals surface area contributed by atoms with E-state index >= 15 is 0 Å². The molecule has 11 heavy (non-hydrogen) atoms. The summed E-state index contributed by atoms with van der Waals surface area (Å²) >= 11 is 5.70. The number of imide groups is 1. The first-order chi connectivity index (χ1) is 5.11. The van der Waals surface area contributed by atoms with E-state index in [1.54, 1.807) is 0 Å². The van der Waals surface area contributed by atoms with Crippen molar-refractivity contribution in [3.05, 3.63) is 0 Å². The van der Waals surface area contributed by atoms with Gasteiger partial charge in [0.25, 0.3) is 5.24 Å². The van der Waals surface area contributed by atoms with Crippen molar-refractivity contribution in [2.75, 3.05) is 12.3 Å². The number of thiocarbonyl (C=S) groups is 1. The van der Waals surface area contributed by atoms with Gasteiger partial charge in [-0.3, -0.25) is 4.79 Å². The van der Waals surface area contributed by atoms with Crippen LogP contribution in [0, 0.1) is 0 Å². The SMILES string of the molecule is O=C(O)N1CC(=S)CSC1=O. The van der Waals surface area contributed by atoms with E-state index in [9.17, 15) is 9.59 Å². The smallest absolute Gasteiger partial charge is 0.415 e. The number of hydrogen-bond donors (Lipinski definition) is 1. The zero-order chi connectivity index (χ0) is 8.43. The lowest BCUT2D eigenvalue weighted by molar-refractivity contribution is 0.161. The Labute approximate surface area is 72.6 Å². The van der Waals surface area contributed by atoms with Gasteiger partial charge in [0.15, 0.2) is 0 Å². The number of carboxylic acid groups (broad SMARTS) is 1. The molecular weight excluding hydrogens is 186 g/mol. The maximum Gasteiger partial charge on any atom is 0.415 e. The largest absolute Gasteiger partial charge is 0.465 e. The van der Waals surface area contributed by atoms with Gasteiger partial charge in [-0.15, -0.1) is 0 Å². The lowest BCUT2D eigenvalue weighted by atomic mass is 10.4. The Morgan fingerprint density at radius 3 is 2.82 bits per heavy atom. The number of rotatable bonds is 0. The minimum atomic E-state index is -1.23. The third kappa shape index (κ3) is 1.90. The minimum Gasteiger partial charge on any atom is -0.465 e. The van der Waals surface area contributed by atoms with E-state index in [-0.39, 0.29) is 6.54 Å². The summed E-state index contributed by atoms with van der Waals surface area (Å²) in [5, 5.41) is 8.02. The van der Waals surface area contributed by atoms with Crippen molar-refractivity contribution in [3.8, 4) is 0 Å². The van der Waals surface area contributed by atoms with Crippen LogP contribution in [0.15, 0.2) is 0 Å². The summed E-state index contributed by atoms with van der Waals surface area (Å²) in [6.07, 6.45) is -1.23. The third-order valence-electron chi connectivity index (χ3n) is 1.14. The minimum absolute atomic E-state index is 0.0660. The maximum absolute atomic E-state index is 10.8. The molecule has 0 aliphatic carbocycles. The molecule has 2 amide bonds. The molecule has 0 bridgehead atoms. The van der Waals surface area contributed by atoms with Gasteiger partial charge in [-0.25, -0.2) is 9.69 Å². The summed E-state index contributed by atoms with van der Waals surface area (Å²) in [5.41, 5.74) is 0. The van der Waals surface area contributed by atoms with E-state index < -0.39 is 11.3 Å². The van der Waals surface area contributed by atoms with E-state index in [0.29, 0.717) is 10.6 Å². The standard InChI is InChI=1S/C5H5NO3S2/c7-4(8)6-1-3(10)2-11-5(6)9/h1-2H2,(H,7,8). The van der Waals surface area contributed by atoms with Crippen LogP contribution in [-0.4, -0.2) is 38.5 Å². The Balaban J connectivity index is 2.69. The second-order valence-corrected chi connectivity index (χ2v) is 3.47. The van der Waals surface area contributed by atoms with E-state index in [2.05, 4.69) is 0 Å². The maximum atomic E-state index is 10.8. The van der Waals surface area contributed by atoms with Crippen molar-refractivity contribution in [2.24, 2.45) is 0 Å². The molecule has 0 aromatic rings. The highest BCUT2D eigenvalue weighted by Crippen LogP contribution is 2.15. The quantitative estimate of drug-likeness (QED) is 0.583. The molecule has 1 aliphatic heterocycles. The number of nitrogens with zero attached hydrogens (tertiary/aromatic N) is 1. The van der Waals surface area contributed by atoms with Crippen molar-refractivity contribution < 1.29 is 14.7 Å². The summed E-state index contributed by atoms with van der Waals surface area (Å²) in [5.74, 6) is 0.456. The van der Waals surface area contributed by atoms with Crippen LogP contribution in [0.1, 0.15) is 0 Å². The molecule has 6 heteroatoms. The van der Waals surface area contributed by atoms with Crippen LogP contribution in [0.2, 0.25) is 0 Å². The highest BCUT2D eigenvalue weighted by Gasteiger charge is 2.26. The van der Waals surface area contributed by atoms with Crippen LogP contribution in [0.3, 0.4) is 0 Å². The topological polar surface area (TPSA) is 57.6 Å². The molecule has 0 aromatic heterocycles. The van der Waals surface area contributed by atoms with Crippen molar-refractivity contribution in [2.45, 2.75) is 0 Å². The molecule has 1 saturated heterocycles. The summed E-state index contributed by atoms with van der Waals surface area (Å²) in [6, 6.07) is 0. The van der Waals surface area contributed by atoms with Gasteiger partial charge in [-0.05, 0) is 0 Å². The second-order valence-electron chi connectivity index (χ2n) is 1.96. The predicted octanol–water partition coefficient (Wildman–Crippen LogP) is 1.20. The number of thioether (sulfide) groups is 1. The van der Waals surface area contributed by atoms with Crippen LogP contribution >= 0.6 is 24.0 Å². The van der Waals surface area contributed by atoms with Crippen LogP contribution in [0.25, 0.3) is 0 Å². The van der Waals surface area contributed by atoms with Gasteiger partial charge >= 0.3 is 6.09 Å². The van der Waals surface area contributed by atoms with Crippen molar-refractivity contribution in [1.82, 2.24) is 4.90 Å². The third-order valence-corrected chi connectivity index (χ3v) is 2.56. The van der Waals surface area contributed by atoms with E-state index in [0.717, 1.165) is 16.7 Å². The first kappa shape index (κ1) is 8.48. The highest BCUT2D eigenvalue weighted by molar-refractivity contribution is 8.14. The fourth-order valence-electron chi connectivity index (χ4n) is 0.652. The fraction of sp³-hybridized carbons (Fsp3) is 0.400. The molecular formula is C5H5NO3S2. The Bertz CT molecular complexity index is 228. The van der Waals surface area contributed by atoms with E-state index in [4.69, 9.17) is 17.3 Å². The number of carbonyl (C=O) groups is 2. The summed E-state index contributed by atoms with van der Waals surface area (Å²) in [6.45, 7) is 0.0660. The molecule has 1 rings (SSSR count). The Morgan fingerprint density at radius 1 is 1.73 bits per heavy atom. The monoisotopic (exact) mass is 191 g/mol. The zero-order valence-corrected chi connectivity index (χ0v) is 7.07. The Morgan fingerprint density at radius 2 is 2.36 bits per heavy atom. The summed E-state index contributed by atoms with van der Waals surface area (Å²) in [4.78, 5) is 22.5. The molecule has 0 spiro atoms. The van der Waals surface area contributed by atoms with Crippen LogP contribution in [-0.2, 0) is 0 Å². The van der Waals surface area contributed by atoms with Gasteiger partial charge in [0.05, 0.1) is 6.54 Å². The second kappa shape index (κ2) is 3.19. The van der Waals surface area contributed by atoms with Gasteiger partial charge in [0.1, 0.15) is 0 Å². The molecule has 0 radical (unpaired) electrons. The van der Waals surface area contributed by atoms with E-state index in [1.165, 1.54) is 0 Å². The number of amides is 2. The average molecular weight is 191 g/mol. The summed E-state index contributed by atoms with van der Waals surface area (Å²) in [7, 11) is 0. The molecule has 1 aliphatic rings. The summed E-state index contributed by atoms with van der Waals surface area (Å²) < 4.78 is 0. The Kier molecular flexibility index (Phi) is 2.45. The molecule has 4 nitrogen and oxygen atoms in total. The molecule has 1 N–H and O–H groups in total. The van der Waals surface area contributed by atoms with Gasteiger partial charge in [0, 0.05) is 10.6 Å². The average Bonchev–Trinajstić information content (AvgIpc) is 1.94. The first-order valence-corrected chi connectivity index (χ1v) is 4.19. The van der Waals surface area contributed by atoms with Crippen molar-refractivity contribution in [1.29, 1.82) is 0 Å². The van der Waals surface area contributed by atoms with Gasteiger partial charge in [-0.1, -0.05) is 24.0 Å². The Hall–Kier alpha value is -0.620. The van der Waals surface area contributed by atoms with Crippen LogP contribution in [0.5, 0.6) is 0 Å². The molecule has 0 unspecified atom stereocenters. The molecule has 0 aromatic carbocycles. The molecule has 1 fully saturated rings. The highest BCUT2D eigenvalue weighted by atomic mass is 32.2. The predicted molar refractivity (Wildman–Crippen MR) is 45.2 cm³/mol. The van der Waals surface area contributed by atoms with Crippen molar-refractivity contribution in [3.63, 3.8) is 0 Å².